The zero-order valence-electron chi connectivity index (χ0n) is 17.9. The van der Waals surface area contributed by atoms with E-state index in [-0.39, 0.29) is 11.5 Å². The van der Waals surface area contributed by atoms with Crippen LogP contribution in [0.15, 0.2) is 18.2 Å². The highest BCUT2D eigenvalue weighted by molar-refractivity contribution is 14.1. The molecule has 2 saturated heterocycles. The second kappa shape index (κ2) is 10.6. The van der Waals surface area contributed by atoms with Gasteiger partial charge in [-0.1, -0.05) is 77.2 Å². The van der Waals surface area contributed by atoms with Crippen LogP contribution in [0.3, 0.4) is 0 Å². The molecule has 2 unspecified atom stereocenters. The molecule has 0 saturated carbocycles. The van der Waals surface area contributed by atoms with Gasteiger partial charge in [0.2, 0.25) is 5.91 Å². The Morgan fingerprint density at radius 2 is 1.86 bits per heavy atom. The first-order valence-electron chi connectivity index (χ1n) is 10.9. The molecular weight excluding hydrogens is 590 g/mol. The Kier molecular flexibility index (Phi) is 8.67. The van der Waals surface area contributed by atoms with Crippen LogP contribution in [0.1, 0.15) is 62.6 Å². The second-order valence-electron chi connectivity index (χ2n) is 8.32. The molecule has 0 spiro atoms. The van der Waals surface area contributed by atoms with Crippen LogP contribution in [0.2, 0.25) is 0 Å². The van der Waals surface area contributed by atoms with E-state index < -0.39 is 0 Å². The quantitative estimate of drug-likeness (QED) is 0.268. The molecule has 2 aliphatic rings. The van der Waals surface area contributed by atoms with Crippen molar-refractivity contribution in [2.45, 2.75) is 72.9 Å². The van der Waals surface area contributed by atoms with Crippen LogP contribution in [0.4, 0.5) is 0 Å². The molecule has 0 radical (unpaired) electrons. The second-order valence-corrected chi connectivity index (χ2v) is 9.84. The predicted octanol–water partition coefficient (Wildman–Crippen LogP) is 5.53. The number of hydrazine groups is 1. The summed E-state index contributed by atoms with van der Waals surface area (Å²) in [6, 6.07) is 7.09. The Morgan fingerprint density at radius 3 is 2.48 bits per heavy atom. The van der Waals surface area contributed by atoms with Crippen LogP contribution in [-0.4, -0.2) is 47.8 Å². The first-order valence-corrected chi connectivity index (χ1v) is 13.9. The third kappa shape index (κ3) is 4.80. The van der Waals surface area contributed by atoms with Gasteiger partial charge >= 0.3 is 0 Å². The van der Waals surface area contributed by atoms with E-state index in [1.165, 1.54) is 16.7 Å². The van der Waals surface area contributed by atoms with Gasteiger partial charge in [-0.25, -0.2) is 5.01 Å². The van der Waals surface area contributed by atoms with E-state index in [4.69, 9.17) is 4.74 Å². The van der Waals surface area contributed by atoms with Crippen molar-refractivity contribution >= 4 is 51.1 Å². The summed E-state index contributed by atoms with van der Waals surface area (Å²) in [5, 5.41) is 4.43. The number of ether oxygens (including phenoxy) is 1. The normalized spacial score (nSPS) is 23.3. The average Bonchev–Trinajstić information content (AvgIpc) is 3.37. The number of alkyl halides is 2. The van der Waals surface area contributed by atoms with Gasteiger partial charge in [0, 0.05) is 35.0 Å². The molecule has 2 aliphatic heterocycles. The molecular formula is C23H34I2N2O2. The summed E-state index contributed by atoms with van der Waals surface area (Å²) in [6.07, 6.45) is 6.03. The van der Waals surface area contributed by atoms with E-state index in [1.54, 1.807) is 0 Å². The molecule has 0 aromatic heterocycles. The smallest absolute Gasteiger partial charge is 0.240 e. The lowest BCUT2D eigenvalue weighted by atomic mass is 9.87. The van der Waals surface area contributed by atoms with E-state index in [0.717, 1.165) is 60.5 Å². The van der Waals surface area contributed by atoms with Gasteiger partial charge in [0.1, 0.15) is 0 Å². The van der Waals surface area contributed by atoms with Crippen LogP contribution >= 0.6 is 45.2 Å². The summed E-state index contributed by atoms with van der Waals surface area (Å²) in [4.78, 5) is 13.4. The fourth-order valence-corrected chi connectivity index (χ4v) is 6.42. The summed E-state index contributed by atoms with van der Waals surface area (Å²) >= 11 is 4.86. The molecule has 4 nitrogen and oxygen atoms in total. The van der Waals surface area contributed by atoms with Gasteiger partial charge in [-0.15, -0.1) is 0 Å². The fourth-order valence-electron chi connectivity index (χ4n) is 5.24. The van der Waals surface area contributed by atoms with Gasteiger partial charge in [-0.2, -0.15) is 0 Å². The number of rotatable bonds is 9. The van der Waals surface area contributed by atoms with Gasteiger partial charge < -0.3 is 4.74 Å². The third-order valence-electron chi connectivity index (χ3n) is 7.07. The Bertz CT molecular complexity index is 700. The Balaban J connectivity index is 1.74. The van der Waals surface area contributed by atoms with Crippen molar-refractivity contribution in [3.63, 3.8) is 0 Å². The molecule has 6 heteroatoms. The number of nitrogens with zero attached hydrogens (tertiary/aromatic N) is 2. The minimum absolute atomic E-state index is 0.101. The summed E-state index contributed by atoms with van der Waals surface area (Å²) in [5.41, 5.74) is 3.95. The Hall–Kier alpha value is 0.0700. The predicted molar refractivity (Wildman–Crippen MR) is 135 cm³/mol. The van der Waals surface area contributed by atoms with Crippen LogP contribution in [0.25, 0.3) is 0 Å². The van der Waals surface area contributed by atoms with E-state index in [2.05, 4.69) is 87.2 Å². The standard InChI is InChI=1S/C23H34I2N2O2/c1-4-23(5-2,29-3)21-7-6-11-26(21)27-12-10-19(22(27)28)14-18-9-8-17(15-24)13-20(18)16-25/h8-9,13,19,21H,4-7,10-12,14-16H2,1-3H3. The van der Waals surface area contributed by atoms with Gasteiger partial charge in [0.05, 0.1) is 11.6 Å². The maximum Gasteiger partial charge on any atom is 0.240 e. The number of carbonyl (C=O) groups excluding carboxylic acids is 1. The lowest BCUT2D eigenvalue weighted by Crippen LogP contribution is -2.57. The van der Waals surface area contributed by atoms with Gasteiger partial charge in [-0.3, -0.25) is 9.80 Å². The lowest BCUT2D eigenvalue weighted by molar-refractivity contribution is -0.162. The average molecular weight is 624 g/mol. The summed E-state index contributed by atoms with van der Waals surface area (Å²) in [6.45, 7) is 6.24. The largest absolute Gasteiger partial charge is 0.377 e. The molecule has 1 aromatic carbocycles. The summed E-state index contributed by atoms with van der Waals surface area (Å²) in [5.74, 6) is 0.412. The fraction of sp³-hybridized carbons (Fsp3) is 0.696. The van der Waals surface area contributed by atoms with Crippen molar-refractivity contribution in [2.24, 2.45) is 5.92 Å². The number of methoxy groups -OCH3 is 1. The highest BCUT2D eigenvalue weighted by atomic mass is 127. The molecule has 2 heterocycles. The van der Waals surface area contributed by atoms with Gasteiger partial charge in [0.15, 0.2) is 0 Å². The Labute approximate surface area is 203 Å². The molecule has 2 fully saturated rings. The number of halogens is 2. The van der Waals surface area contributed by atoms with E-state index in [1.807, 2.05) is 7.11 Å². The minimum atomic E-state index is -0.154. The van der Waals surface area contributed by atoms with Crippen LogP contribution in [0, 0.1) is 5.92 Å². The Morgan fingerprint density at radius 1 is 1.10 bits per heavy atom. The molecule has 2 atom stereocenters. The minimum Gasteiger partial charge on any atom is -0.377 e. The van der Waals surface area contributed by atoms with Crippen LogP contribution in [0.5, 0.6) is 0 Å². The molecule has 162 valence electrons. The third-order valence-corrected chi connectivity index (χ3v) is 8.78. The van der Waals surface area contributed by atoms with E-state index >= 15 is 0 Å². The van der Waals surface area contributed by atoms with Crippen LogP contribution < -0.4 is 0 Å². The van der Waals surface area contributed by atoms with Crippen molar-refractivity contribution in [3.8, 4) is 0 Å². The highest BCUT2D eigenvalue weighted by Gasteiger charge is 2.47. The number of amides is 1. The van der Waals surface area contributed by atoms with Gasteiger partial charge in [0.25, 0.3) is 0 Å². The van der Waals surface area contributed by atoms with Crippen molar-refractivity contribution in [1.82, 2.24) is 10.0 Å². The van der Waals surface area contributed by atoms with Crippen molar-refractivity contribution in [2.75, 3.05) is 20.2 Å². The number of hydrogen-bond acceptors (Lipinski definition) is 3. The SMILES string of the molecule is CCC(CC)(OC)C1CCCN1N1CCC(Cc2ccc(CI)cc2CI)C1=O. The maximum atomic E-state index is 13.4. The van der Waals surface area contributed by atoms with Crippen molar-refractivity contribution in [3.05, 3.63) is 34.9 Å². The molecule has 0 bridgehead atoms. The highest BCUT2D eigenvalue weighted by Crippen LogP contribution is 2.38. The summed E-state index contributed by atoms with van der Waals surface area (Å²) in [7, 11) is 1.84. The van der Waals surface area contributed by atoms with Crippen LogP contribution in [-0.2, 0) is 24.8 Å². The lowest BCUT2D eigenvalue weighted by Gasteiger charge is -2.44. The number of hydrogen-bond donors (Lipinski definition) is 0. The van der Waals surface area contributed by atoms with E-state index in [9.17, 15) is 4.79 Å². The van der Waals surface area contributed by atoms with Crippen molar-refractivity contribution < 1.29 is 9.53 Å². The summed E-state index contributed by atoms with van der Waals surface area (Å²) < 4.78 is 8.07. The molecule has 0 N–H and O–H groups in total. The maximum absolute atomic E-state index is 13.4. The zero-order valence-corrected chi connectivity index (χ0v) is 22.2. The number of carbonyl (C=O) groups is 1. The van der Waals surface area contributed by atoms with Crippen molar-refractivity contribution in [1.29, 1.82) is 0 Å². The number of benzene rings is 1. The topological polar surface area (TPSA) is 32.8 Å². The first-order chi connectivity index (χ1) is 14.0. The molecule has 1 amide bonds. The van der Waals surface area contributed by atoms with E-state index in [0.29, 0.717) is 11.9 Å². The monoisotopic (exact) mass is 624 g/mol. The molecule has 3 rings (SSSR count). The first kappa shape index (κ1) is 23.7. The zero-order chi connectivity index (χ0) is 21.0. The molecule has 1 aromatic rings. The molecule has 0 aliphatic carbocycles. The molecule has 29 heavy (non-hydrogen) atoms. The van der Waals surface area contributed by atoms with Gasteiger partial charge in [-0.05, 0) is 55.2 Å².